The van der Waals surface area contributed by atoms with Crippen molar-refractivity contribution in [3.8, 4) is 0 Å². The Bertz CT molecular complexity index is 737. The Morgan fingerprint density at radius 2 is 2.14 bits per heavy atom. The van der Waals surface area contributed by atoms with Gasteiger partial charge in [-0.2, -0.15) is 5.10 Å². The molecule has 0 aromatic carbocycles. The highest BCUT2D eigenvalue weighted by molar-refractivity contribution is 7.92. The summed E-state index contributed by atoms with van der Waals surface area (Å²) in [6, 6.07) is 3.29. The molecule has 0 amide bonds. The van der Waals surface area contributed by atoms with Crippen LogP contribution in [0.1, 0.15) is 12.0 Å². The SMILES string of the molecule is Cc1ccc(NS(=O)(=O)c2cnn(CCC(=O)O)c2)nc1. The van der Waals surface area contributed by atoms with Crippen LogP contribution < -0.4 is 4.72 Å². The molecule has 0 bridgehead atoms. The van der Waals surface area contributed by atoms with Crippen LogP contribution in [0.15, 0.2) is 35.6 Å². The van der Waals surface area contributed by atoms with Gasteiger partial charge in [0, 0.05) is 12.4 Å². The van der Waals surface area contributed by atoms with E-state index in [0.717, 1.165) is 5.56 Å². The van der Waals surface area contributed by atoms with Crippen molar-refractivity contribution < 1.29 is 18.3 Å². The first kappa shape index (κ1) is 15.0. The molecule has 0 radical (unpaired) electrons. The molecule has 0 saturated heterocycles. The highest BCUT2D eigenvalue weighted by atomic mass is 32.2. The summed E-state index contributed by atoms with van der Waals surface area (Å²) in [5.74, 6) is -0.768. The first-order valence-corrected chi connectivity index (χ1v) is 7.55. The maximum Gasteiger partial charge on any atom is 0.305 e. The lowest BCUT2D eigenvalue weighted by Crippen LogP contribution is -2.13. The number of pyridine rings is 1. The van der Waals surface area contributed by atoms with E-state index >= 15 is 0 Å². The number of hydrogen-bond acceptors (Lipinski definition) is 5. The molecule has 0 atom stereocenters. The summed E-state index contributed by atoms with van der Waals surface area (Å²) < 4.78 is 27.8. The number of carboxylic acids is 1. The molecule has 0 unspecified atom stereocenters. The van der Waals surface area contributed by atoms with Crippen LogP contribution >= 0.6 is 0 Å². The Labute approximate surface area is 121 Å². The van der Waals surface area contributed by atoms with E-state index in [0.29, 0.717) is 0 Å². The van der Waals surface area contributed by atoms with E-state index in [1.807, 2.05) is 6.92 Å². The van der Waals surface area contributed by atoms with E-state index in [9.17, 15) is 13.2 Å². The van der Waals surface area contributed by atoms with Gasteiger partial charge >= 0.3 is 5.97 Å². The van der Waals surface area contributed by atoms with Gasteiger partial charge in [-0.15, -0.1) is 0 Å². The van der Waals surface area contributed by atoms with Crippen molar-refractivity contribution in [3.63, 3.8) is 0 Å². The lowest BCUT2D eigenvalue weighted by molar-refractivity contribution is -0.137. The Balaban J connectivity index is 2.12. The van der Waals surface area contributed by atoms with Crippen molar-refractivity contribution in [2.75, 3.05) is 4.72 Å². The summed E-state index contributed by atoms with van der Waals surface area (Å²) in [5, 5.41) is 12.4. The summed E-state index contributed by atoms with van der Waals surface area (Å²) in [4.78, 5) is 14.4. The normalized spacial score (nSPS) is 11.3. The quantitative estimate of drug-likeness (QED) is 0.818. The second kappa shape index (κ2) is 5.92. The molecular formula is C12H14N4O4S. The minimum Gasteiger partial charge on any atom is -0.481 e. The monoisotopic (exact) mass is 310 g/mol. The predicted molar refractivity (Wildman–Crippen MR) is 74.3 cm³/mol. The largest absolute Gasteiger partial charge is 0.481 e. The van der Waals surface area contributed by atoms with Crippen LogP contribution in [-0.4, -0.2) is 34.3 Å². The molecule has 2 N–H and O–H groups in total. The Morgan fingerprint density at radius 3 is 2.76 bits per heavy atom. The summed E-state index contributed by atoms with van der Waals surface area (Å²) >= 11 is 0. The highest BCUT2D eigenvalue weighted by Crippen LogP contribution is 2.13. The second-order valence-electron chi connectivity index (χ2n) is 4.41. The molecule has 2 aromatic heterocycles. The van der Waals surface area contributed by atoms with Gasteiger partial charge in [0.25, 0.3) is 10.0 Å². The molecule has 9 heteroatoms. The van der Waals surface area contributed by atoms with Gasteiger partial charge in [-0.3, -0.25) is 14.2 Å². The van der Waals surface area contributed by atoms with Crippen LogP contribution in [0.3, 0.4) is 0 Å². The van der Waals surface area contributed by atoms with Gasteiger partial charge in [-0.1, -0.05) is 6.07 Å². The van der Waals surface area contributed by atoms with E-state index in [4.69, 9.17) is 5.11 Å². The van der Waals surface area contributed by atoms with E-state index in [-0.39, 0.29) is 23.7 Å². The van der Waals surface area contributed by atoms with Crippen molar-refractivity contribution >= 4 is 21.8 Å². The summed E-state index contributed by atoms with van der Waals surface area (Å²) in [6.07, 6.45) is 3.86. The number of nitrogens with one attached hydrogen (secondary N) is 1. The van der Waals surface area contributed by atoms with E-state index in [1.165, 1.54) is 17.1 Å². The Morgan fingerprint density at radius 1 is 1.38 bits per heavy atom. The van der Waals surface area contributed by atoms with Gasteiger partial charge in [-0.25, -0.2) is 13.4 Å². The molecule has 2 aromatic rings. The molecule has 21 heavy (non-hydrogen) atoms. The minimum absolute atomic E-state index is 0.0461. The fourth-order valence-electron chi connectivity index (χ4n) is 1.54. The first-order chi connectivity index (χ1) is 9.87. The topological polar surface area (TPSA) is 114 Å². The number of aromatic nitrogens is 3. The lowest BCUT2D eigenvalue weighted by atomic mass is 10.3. The molecule has 0 spiro atoms. The number of carbonyl (C=O) groups is 1. The molecular weight excluding hydrogens is 296 g/mol. The maximum atomic E-state index is 12.1. The third-order valence-corrected chi connectivity index (χ3v) is 3.93. The first-order valence-electron chi connectivity index (χ1n) is 6.06. The molecule has 0 fully saturated rings. The molecule has 8 nitrogen and oxygen atoms in total. The molecule has 0 saturated carbocycles. The van der Waals surface area contributed by atoms with Crippen LogP contribution in [0.2, 0.25) is 0 Å². The number of nitrogens with zero attached hydrogens (tertiary/aromatic N) is 3. The number of rotatable bonds is 6. The third kappa shape index (κ3) is 4.02. The van der Waals surface area contributed by atoms with E-state index in [1.54, 1.807) is 18.3 Å². The van der Waals surface area contributed by atoms with Gasteiger partial charge in [0.2, 0.25) is 0 Å². The third-order valence-electron chi connectivity index (χ3n) is 2.62. The molecule has 0 aliphatic heterocycles. The van der Waals surface area contributed by atoms with Gasteiger partial charge in [0.1, 0.15) is 10.7 Å². The number of hydrogen-bond donors (Lipinski definition) is 2. The zero-order chi connectivity index (χ0) is 15.5. The summed E-state index contributed by atoms with van der Waals surface area (Å²) in [7, 11) is -3.79. The fourth-order valence-corrected chi connectivity index (χ4v) is 2.50. The number of aryl methyl sites for hydroxylation is 2. The van der Waals surface area contributed by atoms with Crippen molar-refractivity contribution in [2.24, 2.45) is 0 Å². The summed E-state index contributed by atoms with van der Waals surface area (Å²) in [6.45, 7) is 1.95. The molecule has 2 rings (SSSR count). The van der Waals surface area contributed by atoms with Crippen LogP contribution in [0.25, 0.3) is 0 Å². The average Bonchev–Trinajstić information content (AvgIpc) is 2.88. The van der Waals surface area contributed by atoms with Crippen molar-refractivity contribution in [2.45, 2.75) is 24.8 Å². The minimum atomic E-state index is -3.79. The van der Waals surface area contributed by atoms with Crippen molar-refractivity contribution in [1.82, 2.24) is 14.8 Å². The van der Waals surface area contributed by atoms with Gasteiger partial charge in [0.15, 0.2) is 0 Å². The second-order valence-corrected chi connectivity index (χ2v) is 6.09. The highest BCUT2D eigenvalue weighted by Gasteiger charge is 2.17. The molecule has 0 aliphatic rings. The Hall–Kier alpha value is -2.42. The van der Waals surface area contributed by atoms with E-state index in [2.05, 4.69) is 14.8 Å². The van der Waals surface area contributed by atoms with Crippen LogP contribution in [0.4, 0.5) is 5.82 Å². The van der Waals surface area contributed by atoms with Gasteiger partial charge in [0.05, 0.1) is 19.2 Å². The van der Waals surface area contributed by atoms with Gasteiger partial charge in [-0.05, 0) is 18.6 Å². The zero-order valence-electron chi connectivity index (χ0n) is 11.2. The number of carboxylic acid groups (broad SMARTS) is 1. The van der Waals surface area contributed by atoms with Crippen molar-refractivity contribution in [3.05, 3.63) is 36.3 Å². The smallest absolute Gasteiger partial charge is 0.305 e. The summed E-state index contributed by atoms with van der Waals surface area (Å²) in [5.41, 5.74) is 0.916. The number of anilines is 1. The number of aliphatic carboxylic acids is 1. The lowest BCUT2D eigenvalue weighted by Gasteiger charge is -2.05. The molecule has 2 heterocycles. The van der Waals surface area contributed by atoms with Gasteiger partial charge < -0.3 is 5.11 Å². The Kier molecular flexibility index (Phi) is 4.22. The number of sulfonamides is 1. The average molecular weight is 310 g/mol. The van der Waals surface area contributed by atoms with Crippen LogP contribution in [-0.2, 0) is 21.4 Å². The standard InChI is InChI=1S/C12H14N4O4S/c1-9-2-3-11(13-6-9)15-21(19,20)10-7-14-16(8-10)5-4-12(17)18/h2-3,6-8H,4-5H2,1H3,(H,13,15)(H,17,18). The predicted octanol–water partition coefficient (Wildman–Crippen LogP) is 0.862. The zero-order valence-corrected chi connectivity index (χ0v) is 12.0. The fraction of sp³-hybridized carbons (Fsp3) is 0.250. The van der Waals surface area contributed by atoms with Crippen molar-refractivity contribution in [1.29, 1.82) is 0 Å². The molecule has 0 aliphatic carbocycles. The van der Waals surface area contributed by atoms with Crippen LogP contribution in [0, 0.1) is 6.92 Å². The van der Waals surface area contributed by atoms with E-state index < -0.39 is 16.0 Å². The molecule has 112 valence electrons. The van der Waals surface area contributed by atoms with Crippen LogP contribution in [0.5, 0.6) is 0 Å². The maximum absolute atomic E-state index is 12.1.